The van der Waals surface area contributed by atoms with Crippen molar-refractivity contribution in [3.05, 3.63) is 121 Å². The van der Waals surface area contributed by atoms with Crippen molar-refractivity contribution >= 4 is 40.0 Å². The second-order valence-electron chi connectivity index (χ2n) is 10.3. The van der Waals surface area contributed by atoms with Crippen LogP contribution in [0.4, 0.5) is 27.7 Å². The van der Waals surface area contributed by atoms with E-state index < -0.39 is 0 Å². The number of urea groups is 1. The lowest BCUT2D eigenvalue weighted by molar-refractivity contribution is 0.262. The Morgan fingerprint density at radius 3 is 1.98 bits per heavy atom. The van der Waals surface area contributed by atoms with Crippen molar-refractivity contribution in [2.24, 2.45) is 0 Å². The number of amides is 2. The molecule has 4 aromatic carbocycles. The molecule has 0 aliphatic carbocycles. The average molecular weight is 569 g/mol. The van der Waals surface area contributed by atoms with Crippen molar-refractivity contribution in [2.45, 2.75) is 6.42 Å². The first-order valence-electron chi connectivity index (χ1n) is 14.1. The number of carbonyl (C=O) groups is 1. The van der Waals surface area contributed by atoms with Crippen molar-refractivity contribution in [1.82, 2.24) is 9.97 Å². The van der Waals surface area contributed by atoms with Crippen molar-refractivity contribution in [3.8, 4) is 22.5 Å². The first kappa shape index (κ1) is 27.5. The highest BCUT2D eigenvalue weighted by Gasteiger charge is 2.21. The van der Waals surface area contributed by atoms with Crippen LogP contribution in [0.3, 0.4) is 0 Å². The number of rotatable bonds is 9. The zero-order valence-electron chi connectivity index (χ0n) is 24.0. The summed E-state index contributed by atoms with van der Waals surface area (Å²) in [6.07, 6.45) is 2.29. The largest absolute Gasteiger partial charge is 0.437 e. The molecule has 0 bridgehead atoms. The fourth-order valence-electron chi connectivity index (χ4n) is 4.96. The number of aromatic nitrogens is 2. The molecular weight excluding hydrogens is 536 g/mol. The first-order chi connectivity index (χ1) is 21.0. The highest BCUT2D eigenvalue weighted by atomic mass is 16.3. The van der Waals surface area contributed by atoms with E-state index in [9.17, 15) is 4.79 Å². The van der Waals surface area contributed by atoms with Gasteiger partial charge in [0.2, 0.25) is 5.71 Å². The van der Waals surface area contributed by atoms with Gasteiger partial charge in [0.1, 0.15) is 17.9 Å². The average Bonchev–Trinajstić information content (AvgIpc) is 3.44. The van der Waals surface area contributed by atoms with Crippen LogP contribution in [0.5, 0.6) is 0 Å². The fourth-order valence-corrected chi connectivity index (χ4v) is 4.96. The molecule has 0 aliphatic rings. The lowest BCUT2D eigenvalue weighted by atomic mass is 9.99. The second-order valence-corrected chi connectivity index (χ2v) is 10.3. The van der Waals surface area contributed by atoms with Crippen LogP contribution < -0.4 is 20.9 Å². The van der Waals surface area contributed by atoms with Gasteiger partial charge >= 0.3 is 6.03 Å². The number of fused-ring (bicyclic) bond motifs is 1. The molecule has 2 heterocycles. The molecule has 3 N–H and O–H groups in total. The Hall–Kier alpha value is -5.63. The Balaban J connectivity index is 1.13. The fraction of sp³-hybridized carbons (Fsp3) is 0.114. The maximum atomic E-state index is 12.5. The summed E-state index contributed by atoms with van der Waals surface area (Å²) in [6, 6.07) is 35.5. The Bertz CT molecular complexity index is 1820. The van der Waals surface area contributed by atoms with Crippen molar-refractivity contribution in [1.29, 1.82) is 0 Å². The van der Waals surface area contributed by atoms with Crippen LogP contribution in [0.1, 0.15) is 5.56 Å². The van der Waals surface area contributed by atoms with Crippen molar-refractivity contribution in [2.75, 3.05) is 41.5 Å². The van der Waals surface area contributed by atoms with E-state index >= 15 is 0 Å². The molecule has 8 heteroatoms. The number of anilines is 4. The van der Waals surface area contributed by atoms with Crippen LogP contribution >= 0.6 is 0 Å². The minimum Gasteiger partial charge on any atom is -0.437 e. The Morgan fingerprint density at radius 1 is 0.744 bits per heavy atom. The van der Waals surface area contributed by atoms with Gasteiger partial charge in [-0.15, -0.1) is 0 Å². The SMILES string of the molecule is CN(C)c1ccc(NC(=O)Nc2ccc(CCNc3ncnc4oc(-c5ccccc5)c(-c5ccccc5)c34)cc2)cc1. The third-order valence-electron chi connectivity index (χ3n) is 7.15. The Labute approximate surface area is 250 Å². The summed E-state index contributed by atoms with van der Waals surface area (Å²) in [7, 11) is 3.96. The summed E-state index contributed by atoms with van der Waals surface area (Å²) in [5, 5.41) is 10.1. The molecule has 2 aromatic heterocycles. The maximum absolute atomic E-state index is 12.5. The number of hydrogen-bond donors (Lipinski definition) is 3. The van der Waals surface area contributed by atoms with Crippen LogP contribution in [0.25, 0.3) is 33.6 Å². The number of benzene rings is 4. The summed E-state index contributed by atoms with van der Waals surface area (Å²) in [6.45, 7) is 0.655. The molecule has 0 aliphatic heterocycles. The molecule has 0 saturated carbocycles. The van der Waals surface area contributed by atoms with E-state index in [0.717, 1.165) is 62.7 Å². The number of carbonyl (C=O) groups excluding carboxylic acids is 1. The minimum atomic E-state index is -0.288. The zero-order chi connectivity index (χ0) is 29.6. The lowest BCUT2D eigenvalue weighted by Crippen LogP contribution is -2.19. The van der Waals surface area contributed by atoms with Crippen LogP contribution in [0, 0.1) is 0 Å². The molecule has 2 amide bonds. The first-order valence-corrected chi connectivity index (χ1v) is 14.1. The van der Waals surface area contributed by atoms with E-state index in [-0.39, 0.29) is 6.03 Å². The normalized spacial score (nSPS) is 10.8. The van der Waals surface area contributed by atoms with E-state index in [1.165, 1.54) is 6.33 Å². The third kappa shape index (κ3) is 6.33. The van der Waals surface area contributed by atoms with Crippen LogP contribution in [0.15, 0.2) is 120 Å². The van der Waals surface area contributed by atoms with Gasteiger partial charge in [-0.1, -0.05) is 72.8 Å². The number of furan rings is 1. The quantitative estimate of drug-likeness (QED) is 0.164. The molecule has 6 rings (SSSR count). The maximum Gasteiger partial charge on any atom is 0.323 e. The second kappa shape index (κ2) is 12.5. The summed E-state index contributed by atoms with van der Waals surface area (Å²) in [4.78, 5) is 23.5. The lowest BCUT2D eigenvalue weighted by Gasteiger charge is -2.13. The smallest absolute Gasteiger partial charge is 0.323 e. The van der Waals surface area contributed by atoms with Gasteiger partial charge < -0.3 is 25.3 Å². The highest BCUT2D eigenvalue weighted by Crippen LogP contribution is 2.42. The van der Waals surface area contributed by atoms with Crippen LogP contribution in [-0.4, -0.2) is 36.6 Å². The van der Waals surface area contributed by atoms with Gasteiger partial charge in [-0.05, 0) is 53.9 Å². The van der Waals surface area contributed by atoms with Gasteiger partial charge in [-0.25, -0.2) is 14.8 Å². The molecule has 0 spiro atoms. The molecule has 214 valence electrons. The van der Waals surface area contributed by atoms with Crippen molar-refractivity contribution < 1.29 is 9.21 Å². The van der Waals surface area contributed by atoms with Gasteiger partial charge in [0.15, 0.2) is 0 Å². The standard InChI is InChI=1S/C35H32N6O2/c1-41(2)29-19-17-28(18-20-29)40-35(42)39-27-15-13-24(14-16-27)21-22-36-33-31-30(25-9-5-3-6-10-25)32(26-11-7-4-8-12-26)43-34(31)38-23-37-33/h3-20,23H,21-22H2,1-2H3,(H,36,37,38)(H2,39,40,42). The molecule has 0 radical (unpaired) electrons. The van der Waals surface area contributed by atoms with E-state index in [2.05, 4.69) is 38.1 Å². The van der Waals surface area contributed by atoms with Gasteiger partial charge in [-0.3, -0.25) is 0 Å². The summed E-state index contributed by atoms with van der Waals surface area (Å²) in [5.41, 5.74) is 7.17. The molecule has 0 unspecified atom stereocenters. The molecule has 0 fully saturated rings. The molecule has 6 aromatic rings. The molecule has 8 nitrogen and oxygen atoms in total. The third-order valence-corrected chi connectivity index (χ3v) is 7.15. The Kier molecular flexibility index (Phi) is 7.99. The van der Waals surface area contributed by atoms with Crippen LogP contribution in [0.2, 0.25) is 0 Å². The predicted octanol–water partition coefficient (Wildman–Crippen LogP) is 7.92. The summed E-state index contributed by atoms with van der Waals surface area (Å²) >= 11 is 0. The molecule has 0 saturated heterocycles. The Morgan fingerprint density at radius 2 is 1.35 bits per heavy atom. The van der Waals surface area contributed by atoms with Gasteiger partial charge in [0.05, 0.1) is 5.39 Å². The zero-order valence-corrected chi connectivity index (χ0v) is 24.0. The predicted molar refractivity (Wildman–Crippen MR) is 175 cm³/mol. The number of nitrogens with zero attached hydrogens (tertiary/aromatic N) is 3. The number of hydrogen-bond acceptors (Lipinski definition) is 6. The van der Waals surface area contributed by atoms with Gasteiger partial charge in [-0.2, -0.15) is 0 Å². The van der Waals surface area contributed by atoms with Crippen LogP contribution in [-0.2, 0) is 6.42 Å². The molecule has 0 atom stereocenters. The molecular formula is C35H32N6O2. The van der Waals surface area contributed by atoms with E-state index in [0.29, 0.717) is 12.3 Å². The topological polar surface area (TPSA) is 95.3 Å². The number of nitrogens with one attached hydrogen (secondary N) is 3. The molecule has 43 heavy (non-hydrogen) atoms. The van der Waals surface area contributed by atoms with E-state index in [1.54, 1.807) is 0 Å². The van der Waals surface area contributed by atoms with E-state index in [1.807, 2.05) is 116 Å². The van der Waals surface area contributed by atoms with Gasteiger partial charge in [0.25, 0.3) is 0 Å². The van der Waals surface area contributed by atoms with Crippen molar-refractivity contribution in [3.63, 3.8) is 0 Å². The van der Waals surface area contributed by atoms with Gasteiger partial charge in [0, 0.05) is 48.8 Å². The monoisotopic (exact) mass is 568 g/mol. The summed E-state index contributed by atoms with van der Waals surface area (Å²) < 4.78 is 6.31. The van der Waals surface area contributed by atoms with E-state index in [4.69, 9.17) is 4.42 Å². The summed E-state index contributed by atoms with van der Waals surface area (Å²) in [5.74, 6) is 1.49. The highest BCUT2D eigenvalue weighted by molar-refractivity contribution is 6.06. The minimum absolute atomic E-state index is 0.288.